The van der Waals surface area contributed by atoms with Gasteiger partial charge in [0.25, 0.3) is 5.91 Å². The van der Waals surface area contributed by atoms with Crippen LogP contribution < -0.4 is 5.32 Å². The lowest BCUT2D eigenvalue weighted by molar-refractivity contribution is -0.203. The van der Waals surface area contributed by atoms with Gasteiger partial charge in [0.15, 0.2) is 18.3 Å². The second kappa shape index (κ2) is 14.1. The molecular formula is C21H31NO12. The summed E-state index contributed by atoms with van der Waals surface area (Å²) in [5.41, 5.74) is 0. The molecule has 5 atom stereocenters. The van der Waals surface area contributed by atoms with Crippen LogP contribution in [-0.4, -0.2) is 86.0 Å². The Morgan fingerprint density at radius 3 is 1.82 bits per heavy atom. The Bertz CT molecular complexity index is 761. The topological polar surface area (TPSA) is 170 Å². The molecule has 1 rings (SSSR count). The fraction of sp³-hybridized carbons (Fsp3) is 0.714. The Kier molecular flexibility index (Phi) is 12.0. The van der Waals surface area contributed by atoms with Gasteiger partial charge in [0.1, 0.15) is 6.61 Å². The second-order valence-electron chi connectivity index (χ2n) is 7.51. The van der Waals surface area contributed by atoms with Gasteiger partial charge in [-0.25, -0.2) is 0 Å². The van der Waals surface area contributed by atoms with Gasteiger partial charge in [0.05, 0.1) is 6.10 Å². The maximum atomic E-state index is 13.0. The number of esters is 5. The van der Waals surface area contributed by atoms with Gasteiger partial charge in [0.2, 0.25) is 6.10 Å². The molecule has 1 N–H and O–H groups in total. The van der Waals surface area contributed by atoms with E-state index in [4.69, 9.17) is 28.4 Å². The van der Waals surface area contributed by atoms with Crippen LogP contribution in [0, 0.1) is 0 Å². The number of amides is 1. The standard InChI is InChI=1S/C21H31NO12/c1-11(23)30-10-17(31-12(2)24)18(32-13(3)25)19(33-14(4)26)20(34-15(5)27)21(28)22-9-16-7-6-8-29-16/h16-20H,6-10H2,1-5H3,(H,22,28). The van der Waals surface area contributed by atoms with Gasteiger partial charge in [-0.15, -0.1) is 0 Å². The van der Waals surface area contributed by atoms with E-state index in [-0.39, 0.29) is 12.6 Å². The van der Waals surface area contributed by atoms with Crippen LogP contribution in [0.25, 0.3) is 0 Å². The maximum Gasteiger partial charge on any atom is 0.303 e. The van der Waals surface area contributed by atoms with Gasteiger partial charge in [-0.2, -0.15) is 0 Å². The first kappa shape index (κ1) is 28.8. The lowest BCUT2D eigenvalue weighted by Crippen LogP contribution is -2.57. The van der Waals surface area contributed by atoms with Crippen molar-refractivity contribution in [2.75, 3.05) is 19.8 Å². The lowest BCUT2D eigenvalue weighted by Gasteiger charge is -2.34. The van der Waals surface area contributed by atoms with Crippen molar-refractivity contribution < 1.29 is 57.2 Å². The summed E-state index contributed by atoms with van der Waals surface area (Å²) >= 11 is 0. The summed E-state index contributed by atoms with van der Waals surface area (Å²) in [4.78, 5) is 71.5. The first-order valence-electron chi connectivity index (χ1n) is 10.6. The summed E-state index contributed by atoms with van der Waals surface area (Å²) in [6.07, 6.45) is -5.47. The van der Waals surface area contributed by atoms with Gasteiger partial charge in [-0.1, -0.05) is 0 Å². The molecule has 1 aliphatic heterocycles. The summed E-state index contributed by atoms with van der Waals surface area (Å²) in [7, 11) is 0. The van der Waals surface area contributed by atoms with Crippen LogP contribution in [0.5, 0.6) is 0 Å². The summed E-state index contributed by atoms with van der Waals surface area (Å²) < 4.78 is 31.0. The largest absolute Gasteiger partial charge is 0.462 e. The molecule has 1 fully saturated rings. The highest BCUT2D eigenvalue weighted by Gasteiger charge is 2.47. The Morgan fingerprint density at radius 2 is 1.35 bits per heavy atom. The Hall–Kier alpha value is -3.22. The predicted octanol–water partition coefficient (Wildman–Crippen LogP) is -0.428. The van der Waals surface area contributed by atoms with E-state index in [1.165, 1.54) is 0 Å². The van der Waals surface area contributed by atoms with Crippen molar-refractivity contribution in [3.63, 3.8) is 0 Å². The zero-order valence-electron chi connectivity index (χ0n) is 19.8. The molecule has 0 bridgehead atoms. The third kappa shape index (κ3) is 10.6. The van der Waals surface area contributed by atoms with Gasteiger partial charge in [0, 0.05) is 47.8 Å². The third-order valence-corrected chi connectivity index (χ3v) is 4.44. The first-order chi connectivity index (χ1) is 15.9. The van der Waals surface area contributed by atoms with E-state index < -0.39 is 66.8 Å². The number of carbonyl (C=O) groups excluding carboxylic acids is 6. The Balaban J connectivity index is 3.35. The van der Waals surface area contributed by atoms with Crippen molar-refractivity contribution in [1.82, 2.24) is 5.32 Å². The van der Waals surface area contributed by atoms with Crippen LogP contribution >= 0.6 is 0 Å². The van der Waals surface area contributed by atoms with E-state index in [0.29, 0.717) is 13.0 Å². The minimum absolute atomic E-state index is 0.0858. The third-order valence-electron chi connectivity index (χ3n) is 4.44. The molecule has 192 valence electrons. The van der Waals surface area contributed by atoms with Crippen LogP contribution in [0.3, 0.4) is 0 Å². The second-order valence-corrected chi connectivity index (χ2v) is 7.51. The summed E-state index contributed by atoms with van der Waals surface area (Å²) in [5.74, 6) is -5.18. The van der Waals surface area contributed by atoms with Gasteiger partial charge in [-0.05, 0) is 12.8 Å². The predicted molar refractivity (Wildman–Crippen MR) is 111 cm³/mol. The van der Waals surface area contributed by atoms with Crippen LogP contribution in [-0.2, 0) is 57.2 Å². The number of hydrogen-bond donors (Lipinski definition) is 1. The van der Waals surface area contributed by atoms with E-state index in [1.54, 1.807) is 0 Å². The minimum atomic E-state index is -1.80. The molecule has 0 spiro atoms. The molecule has 0 aromatic rings. The molecule has 1 amide bonds. The van der Waals surface area contributed by atoms with Crippen molar-refractivity contribution in [3.8, 4) is 0 Å². The van der Waals surface area contributed by atoms with Crippen molar-refractivity contribution in [2.24, 2.45) is 0 Å². The SMILES string of the molecule is CC(=O)OCC(OC(C)=O)C(OC(C)=O)C(OC(C)=O)C(OC(C)=O)C(=O)NCC1CCCO1. The molecule has 1 aliphatic rings. The van der Waals surface area contributed by atoms with E-state index in [2.05, 4.69) is 5.32 Å². The molecule has 0 radical (unpaired) electrons. The minimum Gasteiger partial charge on any atom is -0.462 e. The average molecular weight is 489 g/mol. The highest BCUT2D eigenvalue weighted by molar-refractivity contribution is 5.84. The molecule has 0 aliphatic carbocycles. The molecule has 0 aromatic heterocycles. The van der Waals surface area contributed by atoms with Crippen LogP contribution in [0.4, 0.5) is 0 Å². The van der Waals surface area contributed by atoms with E-state index in [1.807, 2.05) is 0 Å². The molecule has 34 heavy (non-hydrogen) atoms. The van der Waals surface area contributed by atoms with Crippen molar-refractivity contribution in [2.45, 2.75) is 78.0 Å². The smallest absolute Gasteiger partial charge is 0.303 e. The molecule has 0 saturated carbocycles. The van der Waals surface area contributed by atoms with Crippen molar-refractivity contribution in [1.29, 1.82) is 0 Å². The van der Waals surface area contributed by atoms with Crippen LogP contribution in [0.1, 0.15) is 47.5 Å². The molecule has 13 nitrogen and oxygen atoms in total. The monoisotopic (exact) mass is 489 g/mol. The molecule has 13 heteroatoms. The van der Waals surface area contributed by atoms with E-state index >= 15 is 0 Å². The quantitative estimate of drug-likeness (QED) is 0.278. The van der Waals surface area contributed by atoms with E-state index in [9.17, 15) is 28.8 Å². The average Bonchev–Trinajstić information content (AvgIpc) is 3.23. The Morgan fingerprint density at radius 1 is 0.794 bits per heavy atom. The summed E-state index contributed by atoms with van der Waals surface area (Å²) in [5, 5.41) is 2.56. The van der Waals surface area contributed by atoms with Crippen molar-refractivity contribution in [3.05, 3.63) is 0 Å². The normalized spacial score (nSPS) is 18.4. The molecule has 1 heterocycles. The highest BCUT2D eigenvalue weighted by Crippen LogP contribution is 2.21. The Labute approximate surface area is 196 Å². The van der Waals surface area contributed by atoms with Crippen LogP contribution in [0.2, 0.25) is 0 Å². The van der Waals surface area contributed by atoms with Crippen LogP contribution in [0.15, 0.2) is 0 Å². The summed E-state index contributed by atoms with van der Waals surface area (Å²) in [6.45, 7) is 5.22. The maximum absolute atomic E-state index is 13.0. The molecule has 0 aromatic carbocycles. The number of carbonyl (C=O) groups is 6. The fourth-order valence-electron chi connectivity index (χ4n) is 3.22. The summed E-state index contributed by atoms with van der Waals surface area (Å²) in [6, 6.07) is 0. The van der Waals surface area contributed by atoms with Gasteiger partial charge in [-0.3, -0.25) is 28.8 Å². The highest BCUT2D eigenvalue weighted by atomic mass is 16.6. The fourth-order valence-corrected chi connectivity index (χ4v) is 3.22. The van der Waals surface area contributed by atoms with Gasteiger partial charge < -0.3 is 33.7 Å². The van der Waals surface area contributed by atoms with E-state index in [0.717, 1.165) is 41.0 Å². The molecule has 1 saturated heterocycles. The molecule has 5 unspecified atom stereocenters. The lowest BCUT2D eigenvalue weighted by atomic mass is 10.0. The van der Waals surface area contributed by atoms with Gasteiger partial charge >= 0.3 is 29.8 Å². The number of nitrogens with one attached hydrogen (secondary N) is 1. The number of hydrogen-bond acceptors (Lipinski definition) is 12. The number of ether oxygens (including phenoxy) is 6. The zero-order valence-corrected chi connectivity index (χ0v) is 19.8. The number of rotatable bonds is 12. The zero-order chi connectivity index (χ0) is 25.8. The van der Waals surface area contributed by atoms with Crippen molar-refractivity contribution >= 4 is 35.8 Å². The first-order valence-corrected chi connectivity index (χ1v) is 10.6. The molecular weight excluding hydrogens is 458 g/mol.